The molecule has 0 amide bonds. The van der Waals surface area contributed by atoms with Crippen molar-refractivity contribution in [3.8, 4) is 11.4 Å². The zero-order valence-electron chi connectivity index (χ0n) is 10.4. The maximum Gasteiger partial charge on any atom is 0.270 e. The SMILES string of the molecule is Cc1ccc([N+](=O)[O-])cc1-c1nc(N)c(C)c(=O)[nH]1. The molecule has 0 unspecified atom stereocenters. The Bertz CT molecular complexity index is 721. The van der Waals surface area contributed by atoms with Crippen molar-refractivity contribution in [1.29, 1.82) is 0 Å². The summed E-state index contributed by atoms with van der Waals surface area (Å²) in [6, 6.07) is 4.36. The Hall–Kier alpha value is -2.70. The Kier molecular flexibility index (Phi) is 3.04. The van der Waals surface area contributed by atoms with Gasteiger partial charge in [0.15, 0.2) is 0 Å². The van der Waals surface area contributed by atoms with Crippen LogP contribution in [0.5, 0.6) is 0 Å². The minimum Gasteiger partial charge on any atom is -0.383 e. The van der Waals surface area contributed by atoms with Crippen molar-refractivity contribution < 1.29 is 4.92 Å². The van der Waals surface area contributed by atoms with Gasteiger partial charge in [-0.15, -0.1) is 0 Å². The molecule has 1 aromatic carbocycles. The number of H-pyrrole nitrogens is 1. The van der Waals surface area contributed by atoms with Crippen molar-refractivity contribution in [2.45, 2.75) is 13.8 Å². The van der Waals surface area contributed by atoms with Crippen LogP contribution in [0.3, 0.4) is 0 Å². The number of nitrogens with zero attached hydrogens (tertiary/aromatic N) is 2. The second kappa shape index (κ2) is 4.52. The number of non-ortho nitro benzene ring substituents is 1. The number of hydrogen-bond acceptors (Lipinski definition) is 5. The molecule has 1 aromatic heterocycles. The monoisotopic (exact) mass is 260 g/mol. The summed E-state index contributed by atoms with van der Waals surface area (Å²) in [5, 5.41) is 10.8. The molecule has 2 rings (SSSR count). The fourth-order valence-electron chi connectivity index (χ4n) is 1.66. The Morgan fingerprint density at radius 2 is 2.05 bits per heavy atom. The van der Waals surface area contributed by atoms with Crippen LogP contribution in [-0.4, -0.2) is 14.9 Å². The third kappa shape index (κ3) is 2.30. The van der Waals surface area contributed by atoms with Gasteiger partial charge in [-0.2, -0.15) is 0 Å². The molecule has 3 N–H and O–H groups in total. The molecule has 0 aliphatic rings. The van der Waals surface area contributed by atoms with Gasteiger partial charge in [0.25, 0.3) is 11.2 Å². The molecule has 1 heterocycles. The Morgan fingerprint density at radius 3 is 2.63 bits per heavy atom. The number of nitrogen functional groups attached to an aromatic ring is 1. The molecule has 98 valence electrons. The highest BCUT2D eigenvalue weighted by molar-refractivity contribution is 5.65. The lowest BCUT2D eigenvalue weighted by Gasteiger charge is -2.07. The number of nitrogens with one attached hydrogen (secondary N) is 1. The number of nitrogens with two attached hydrogens (primary N) is 1. The van der Waals surface area contributed by atoms with Gasteiger partial charge in [0.1, 0.15) is 11.6 Å². The van der Waals surface area contributed by atoms with Crippen molar-refractivity contribution in [2.75, 3.05) is 5.73 Å². The molecule has 2 aromatic rings. The van der Waals surface area contributed by atoms with E-state index < -0.39 is 4.92 Å². The molecule has 0 radical (unpaired) electrons. The summed E-state index contributed by atoms with van der Waals surface area (Å²) in [6.45, 7) is 3.33. The molecule has 19 heavy (non-hydrogen) atoms. The number of aryl methyl sites for hydroxylation is 1. The number of benzene rings is 1. The van der Waals surface area contributed by atoms with Gasteiger partial charge in [0.05, 0.1) is 10.5 Å². The smallest absolute Gasteiger partial charge is 0.270 e. The topological polar surface area (TPSA) is 115 Å². The van der Waals surface area contributed by atoms with Gasteiger partial charge < -0.3 is 10.7 Å². The highest BCUT2D eigenvalue weighted by Crippen LogP contribution is 2.25. The minimum atomic E-state index is -0.501. The Balaban J connectivity index is 2.68. The van der Waals surface area contributed by atoms with E-state index in [2.05, 4.69) is 9.97 Å². The van der Waals surface area contributed by atoms with E-state index >= 15 is 0 Å². The van der Waals surface area contributed by atoms with Gasteiger partial charge in [-0.1, -0.05) is 6.07 Å². The number of rotatable bonds is 2. The summed E-state index contributed by atoms with van der Waals surface area (Å²) in [5.41, 5.74) is 6.79. The molecule has 0 aliphatic heterocycles. The second-order valence-electron chi connectivity index (χ2n) is 4.18. The first-order chi connectivity index (χ1) is 8.90. The molecular weight excluding hydrogens is 248 g/mol. The van der Waals surface area contributed by atoms with Crippen LogP contribution in [-0.2, 0) is 0 Å². The molecule has 7 nitrogen and oxygen atoms in total. The van der Waals surface area contributed by atoms with Crippen LogP contribution in [0.2, 0.25) is 0 Å². The zero-order valence-corrected chi connectivity index (χ0v) is 10.4. The third-order valence-electron chi connectivity index (χ3n) is 2.88. The average molecular weight is 260 g/mol. The molecule has 0 fully saturated rings. The lowest BCUT2D eigenvalue weighted by Crippen LogP contribution is -2.15. The van der Waals surface area contributed by atoms with Crippen LogP contribution in [0.15, 0.2) is 23.0 Å². The molecule has 0 saturated heterocycles. The summed E-state index contributed by atoms with van der Waals surface area (Å²) < 4.78 is 0. The maximum atomic E-state index is 11.7. The molecule has 7 heteroatoms. The van der Waals surface area contributed by atoms with Gasteiger partial charge >= 0.3 is 0 Å². The predicted molar refractivity (Wildman–Crippen MR) is 70.8 cm³/mol. The van der Waals surface area contributed by atoms with E-state index in [-0.39, 0.29) is 22.9 Å². The average Bonchev–Trinajstić information content (AvgIpc) is 2.35. The van der Waals surface area contributed by atoms with E-state index in [9.17, 15) is 14.9 Å². The van der Waals surface area contributed by atoms with Crippen LogP contribution in [0.1, 0.15) is 11.1 Å². The van der Waals surface area contributed by atoms with Crippen molar-refractivity contribution >= 4 is 11.5 Å². The number of nitro groups is 1. The standard InChI is InChI=1S/C12H12N4O3/c1-6-3-4-8(16(18)19)5-9(6)11-14-10(13)7(2)12(17)15-11/h3-5H,1-2H3,(H3,13,14,15,17). The maximum absolute atomic E-state index is 11.7. The number of anilines is 1. The Morgan fingerprint density at radius 1 is 1.37 bits per heavy atom. The third-order valence-corrected chi connectivity index (χ3v) is 2.88. The number of hydrogen-bond donors (Lipinski definition) is 2. The van der Waals surface area contributed by atoms with E-state index in [4.69, 9.17) is 5.73 Å². The molecule has 0 bridgehead atoms. The van der Waals surface area contributed by atoms with E-state index in [1.807, 2.05) is 0 Å². The zero-order chi connectivity index (χ0) is 14.2. The first-order valence-electron chi connectivity index (χ1n) is 5.52. The first-order valence-corrected chi connectivity index (χ1v) is 5.52. The number of nitro benzene ring substituents is 1. The second-order valence-corrected chi connectivity index (χ2v) is 4.18. The number of aromatic nitrogens is 2. The summed E-state index contributed by atoms with van der Waals surface area (Å²) in [7, 11) is 0. The van der Waals surface area contributed by atoms with E-state index in [0.717, 1.165) is 5.56 Å². The summed E-state index contributed by atoms with van der Waals surface area (Å²) in [4.78, 5) is 28.6. The Labute approximate surface area is 108 Å². The van der Waals surface area contributed by atoms with Gasteiger partial charge in [0.2, 0.25) is 0 Å². The van der Waals surface area contributed by atoms with Gasteiger partial charge in [-0.05, 0) is 19.4 Å². The predicted octanol–water partition coefficient (Wildman–Crippen LogP) is 1.54. The molecule has 0 saturated carbocycles. The lowest BCUT2D eigenvalue weighted by atomic mass is 10.1. The molecule has 0 aliphatic carbocycles. The first kappa shape index (κ1) is 12.7. The fourth-order valence-corrected chi connectivity index (χ4v) is 1.66. The largest absolute Gasteiger partial charge is 0.383 e. The van der Waals surface area contributed by atoms with Gasteiger partial charge in [0, 0.05) is 17.7 Å². The fraction of sp³-hybridized carbons (Fsp3) is 0.167. The van der Waals surface area contributed by atoms with E-state index in [1.165, 1.54) is 12.1 Å². The van der Waals surface area contributed by atoms with E-state index in [1.54, 1.807) is 19.9 Å². The van der Waals surface area contributed by atoms with E-state index in [0.29, 0.717) is 11.1 Å². The summed E-state index contributed by atoms with van der Waals surface area (Å²) in [6.07, 6.45) is 0. The molecule has 0 atom stereocenters. The van der Waals surface area contributed by atoms with Crippen molar-refractivity contribution in [2.24, 2.45) is 0 Å². The quantitative estimate of drug-likeness (QED) is 0.627. The van der Waals surface area contributed by atoms with Gasteiger partial charge in [-0.3, -0.25) is 14.9 Å². The van der Waals surface area contributed by atoms with Crippen LogP contribution in [0.4, 0.5) is 11.5 Å². The van der Waals surface area contributed by atoms with Crippen LogP contribution < -0.4 is 11.3 Å². The summed E-state index contributed by atoms with van der Waals surface area (Å²) >= 11 is 0. The van der Waals surface area contributed by atoms with Gasteiger partial charge in [-0.25, -0.2) is 4.98 Å². The summed E-state index contributed by atoms with van der Waals surface area (Å²) in [5.74, 6) is 0.346. The highest BCUT2D eigenvalue weighted by Gasteiger charge is 2.13. The van der Waals surface area contributed by atoms with Crippen LogP contribution in [0, 0.1) is 24.0 Å². The normalized spacial score (nSPS) is 10.4. The van der Waals surface area contributed by atoms with Crippen LogP contribution >= 0.6 is 0 Å². The molecular formula is C12H12N4O3. The molecule has 0 spiro atoms. The number of aromatic amines is 1. The highest BCUT2D eigenvalue weighted by atomic mass is 16.6. The minimum absolute atomic E-state index is 0.0672. The van der Waals surface area contributed by atoms with Crippen molar-refractivity contribution in [1.82, 2.24) is 9.97 Å². The van der Waals surface area contributed by atoms with Crippen molar-refractivity contribution in [3.63, 3.8) is 0 Å². The lowest BCUT2D eigenvalue weighted by molar-refractivity contribution is -0.384. The van der Waals surface area contributed by atoms with Crippen molar-refractivity contribution in [3.05, 3.63) is 49.8 Å². The van der Waals surface area contributed by atoms with Crippen LogP contribution in [0.25, 0.3) is 11.4 Å².